The van der Waals surface area contributed by atoms with Crippen molar-refractivity contribution in [1.82, 2.24) is 15.5 Å². The van der Waals surface area contributed by atoms with Crippen LogP contribution in [0.25, 0.3) is 0 Å². The van der Waals surface area contributed by atoms with E-state index in [2.05, 4.69) is 50.6 Å². The fraction of sp³-hybridized carbons (Fsp3) is 0.808. The van der Waals surface area contributed by atoms with Crippen molar-refractivity contribution in [2.75, 3.05) is 0 Å². The summed E-state index contributed by atoms with van der Waals surface area (Å²) in [7, 11) is -2.27. The minimum Gasteiger partial charge on any atom is -0.412 e. The van der Waals surface area contributed by atoms with Gasteiger partial charge < -0.3 is 19.8 Å². The Balaban J connectivity index is 1.60. The van der Waals surface area contributed by atoms with Crippen LogP contribution >= 0.6 is 0 Å². The first kappa shape index (κ1) is 23.7. The van der Waals surface area contributed by atoms with Gasteiger partial charge in [-0.15, -0.1) is 0 Å². The first-order chi connectivity index (χ1) is 16.2. The van der Waals surface area contributed by atoms with E-state index in [1.807, 2.05) is 13.8 Å². The second-order valence-corrected chi connectivity index (χ2v) is 18.2. The molecule has 192 valence electrons. The van der Waals surface area contributed by atoms with Crippen LogP contribution in [0.15, 0.2) is 11.6 Å². The third-order valence-corrected chi connectivity index (χ3v) is 14.8. The van der Waals surface area contributed by atoms with Crippen LogP contribution in [0.4, 0.5) is 4.79 Å². The molecule has 35 heavy (non-hydrogen) atoms. The van der Waals surface area contributed by atoms with Gasteiger partial charge in [-0.3, -0.25) is 14.5 Å². The molecule has 8 nitrogen and oxygen atoms in total. The van der Waals surface area contributed by atoms with Crippen molar-refractivity contribution in [3.8, 4) is 0 Å². The highest BCUT2D eigenvalue weighted by molar-refractivity contribution is 6.74. The molecule has 2 N–H and O–H groups in total. The summed E-state index contributed by atoms with van der Waals surface area (Å²) in [6.45, 7) is 14.8. The Morgan fingerprint density at radius 3 is 2.66 bits per heavy atom. The van der Waals surface area contributed by atoms with Gasteiger partial charge in [0.1, 0.15) is 17.6 Å². The third kappa shape index (κ3) is 2.62. The number of urea groups is 1. The van der Waals surface area contributed by atoms with Crippen molar-refractivity contribution < 1.29 is 23.5 Å². The van der Waals surface area contributed by atoms with Gasteiger partial charge >= 0.3 is 6.03 Å². The van der Waals surface area contributed by atoms with Crippen LogP contribution in [0.5, 0.6) is 0 Å². The van der Waals surface area contributed by atoms with Crippen LogP contribution in [0.1, 0.15) is 66.7 Å². The highest BCUT2D eigenvalue weighted by atomic mass is 28.4. The fourth-order valence-corrected chi connectivity index (χ4v) is 9.17. The van der Waals surface area contributed by atoms with E-state index in [9.17, 15) is 14.4 Å². The molecule has 0 aromatic heterocycles. The zero-order valence-electron chi connectivity index (χ0n) is 22.0. The number of carbonyl (C=O) groups is 3. The predicted molar refractivity (Wildman–Crippen MR) is 132 cm³/mol. The fourth-order valence-electron chi connectivity index (χ4n) is 7.80. The summed E-state index contributed by atoms with van der Waals surface area (Å²) in [5.74, 6) is -0.864. The lowest BCUT2D eigenvalue weighted by Gasteiger charge is -2.61. The highest BCUT2D eigenvalue weighted by Gasteiger charge is 2.84. The molecule has 6 heterocycles. The maximum absolute atomic E-state index is 14.9. The maximum atomic E-state index is 14.9. The van der Waals surface area contributed by atoms with Gasteiger partial charge in [0.15, 0.2) is 8.32 Å². The number of nitrogens with zero attached hydrogens (tertiary/aromatic N) is 1. The Bertz CT molecular complexity index is 1070. The molecule has 4 amide bonds. The number of imide groups is 1. The van der Waals surface area contributed by atoms with Crippen molar-refractivity contribution in [2.45, 2.75) is 120 Å². The van der Waals surface area contributed by atoms with E-state index in [1.165, 1.54) is 4.90 Å². The molecular weight excluding hydrogens is 462 g/mol. The highest BCUT2D eigenvalue weighted by Crippen LogP contribution is 2.69. The SMILES string of the molecule is CC(C)NC(=O)N1C(=O)[C@@]23C=C4CCC[C@]41[C@H]1C(=O)N[C@]2(CC[C@@H]3O[Si](C)(C)C(C)(C)C)[C@@H]2O[C@@H]21. The van der Waals surface area contributed by atoms with Gasteiger partial charge in [-0.1, -0.05) is 26.8 Å². The van der Waals surface area contributed by atoms with E-state index < -0.39 is 42.9 Å². The average Bonchev–Trinajstić information content (AvgIpc) is 3.32. The molecule has 9 heteroatoms. The lowest BCUT2D eigenvalue weighted by atomic mass is 9.54. The van der Waals surface area contributed by atoms with Crippen LogP contribution < -0.4 is 10.6 Å². The zero-order valence-corrected chi connectivity index (χ0v) is 23.0. The molecular formula is C26H39N3O5Si. The number of amides is 4. The maximum Gasteiger partial charge on any atom is 0.325 e. The summed E-state index contributed by atoms with van der Waals surface area (Å²) in [6, 6.07) is -0.530. The van der Waals surface area contributed by atoms with Crippen molar-refractivity contribution in [3.05, 3.63) is 11.6 Å². The quantitative estimate of drug-likeness (QED) is 0.351. The molecule has 6 aliphatic heterocycles. The third-order valence-electron chi connectivity index (χ3n) is 10.3. The largest absolute Gasteiger partial charge is 0.412 e. The number of rotatable bonds is 3. The molecule has 6 fully saturated rings. The molecule has 2 saturated carbocycles. The molecule has 7 atom stereocenters. The van der Waals surface area contributed by atoms with Crippen LogP contribution in [-0.2, 0) is 18.8 Å². The van der Waals surface area contributed by atoms with Crippen LogP contribution in [0, 0.1) is 11.3 Å². The molecule has 0 aromatic carbocycles. The van der Waals surface area contributed by atoms with Crippen molar-refractivity contribution in [2.24, 2.45) is 11.3 Å². The molecule has 0 aromatic rings. The molecule has 4 saturated heterocycles. The van der Waals surface area contributed by atoms with E-state index in [-0.39, 0.29) is 35.1 Å². The van der Waals surface area contributed by atoms with Gasteiger partial charge in [0.2, 0.25) is 11.8 Å². The Kier molecular flexibility index (Phi) is 4.58. The first-order valence-electron chi connectivity index (χ1n) is 13.3. The molecule has 9 aliphatic rings. The minimum absolute atomic E-state index is 0.0444. The smallest absolute Gasteiger partial charge is 0.325 e. The topological polar surface area (TPSA) is 100 Å². The molecule has 3 aliphatic carbocycles. The first-order valence-corrected chi connectivity index (χ1v) is 16.2. The summed E-state index contributed by atoms with van der Waals surface area (Å²) in [4.78, 5) is 44.0. The summed E-state index contributed by atoms with van der Waals surface area (Å²) >= 11 is 0. The predicted octanol–water partition coefficient (Wildman–Crippen LogP) is 3.23. The van der Waals surface area contributed by atoms with Crippen molar-refractivity contribution >= 4 is 26.2 Å². The minimum atomic E-state index is -2.27. The van der Waals surface area contributed by atoms with E-state index in [0.717, 1.165) is 18.4 Å². The van der Waals surface area contributed by atoms with E-state index in [4.69, 9.17) is 9.16 Å². The second kappa shape index (κ2) is 6.78. The average molecular weight is 502 g/mol. The standard InChI is InChI=1S/C26H39N3O5Si/c1-14(2)27-22(32)29-21(31)24-13-15-9-8-11-25(15,29)17-18-19(33-18)26(24,28-20(17)30)12-10-16(24)34-35(6,7)23(3,4)5/h13-14,16-19H,8-12H2,1-7H3,(H,27,32)(H,28,30)/t16-,17+,18+,19+,24-,25+,26+/m0/s1. The van der Waals surface area contributed by atoms with Gasteiger partial charge in [0, 0.05) is 6.04 Å². The van der Waals surface area contributed by atoms with Crippen LogP contribution in [-0.4, -0.2) is 66.5 Å². The number of piperidine rings is 1. The lowest BCUT2D eigenvalue weighted by molar-refractivity contribution is -0.163. The number of carbonyl (C=O) groups excluding carboxylic acids is 3. The Morgan fingerprint density at radius 1 is 1.29 bits per heavy atom. The van der Waals surface area contributed by atoms with Gasteiger partial charge in [0.25, 0.3) is 0 Å². The number of hydrogen-bond acceptors (Lipinski definition) is 5. The molecule has 0 unspecified atom stereocenters. The summed E-state index contributed by atoms with van der Waals surface area (Å²) < 4.78 is 13.3. The summed E-state index contributed by atoms with van der Waals surface area (Å²) in [6.07, 6.45) is 4.73. The van der Waals surface area contributed by atoms with E-state index in [0.29, 0.717) is 19.3 Å². The molecule has 3 spiro atoms. The van der Waals surface area contributed by atoms with Crippen molar-refractivity contribution in [3.63, 3.8) is 0 Å². The van der Waals surface area contributed by atoms with Crippen molar-refractivity contribution in [1.29, 1.82) is 0 Å². The summed E-state index contributed by atoms with van der Waals surface area (Å²) in [5.41, 5.74) is -1.93. The summed E-state index contributed by atoms with van der Waals surface area (Å²) in [5, 5.41) is 6.29. The second-order valence-electron chi connectivity index (χ2n) is 13.4. The van der Waals surface area contributed by atoms with Gasteiger partial charge in [-0.05, 0) is 69.7 Å². The molecule has 4 bridgehead atoms. The van der Waals surface area contributed by atoms with Gasteiger partial charge in [-0.25, -0.2) is 4.79 Å². The molecule has 9 rings (SSSR count). The number of epoxide rings is 1. The number of ether oxygens (including phenoxy) is 1. The normalized spacial score (nSPS) is 43.3. The Morgan fingerprint density at radius 2 is 2.00 bits per heavy atom. The van der Waals surface area contributed by atoms with Gasteiger partial charge in [-0.2, -0.15) is 0 Å². The monoisotopic (exact) mass is 501 g/mol. The lowest BCUT2D eigenvalue weighted by Crippen LogP contribution is -2.82. The van der Waals surface area contributed by atoms with Gasteiger partial charge in [0.05, 0.1) is 23.1 Å². The Labute approximate surface area is 208 Å². The van der Waals surface area contributed by atoms with Crippen LogP contribution in [0.3, 0.4) is 0 Å². The number of nitrogens with one attached hydrogen (secondary N) is 2. The number of hydrogen-bond donors (Lipinski definition) is 2. The van der Waals surface area contributed by atoms with E-state index in [1.54, 1.807) is 0 Å². The molecule has 0 radical (unpaired) electrons. The Hall–Kier alpha value is -1.71. The van der Waals surface area contributed by atoms with Crippen LogP contribution in [0.2, 0.25) is 18.1 Å². The zero-order chi connectivity index (χ0) is 25.3. The van der Waals surface area contributed by atoms with E-state index >= 15 is 0 Å².